The summed E-state index contributed by atoms with van der Waals surface area (Å²) in [5.41, 5.74) is 5.48. The van der Waals surface area contributed by atoms with Crippen LogP contribution >= 0.6 is 0 Å². The third kappa shape index (κ3) is 10.7. The van der Waals surface area contributed by atoms with Crippen LogP contribution in [-0.4, -0.2) is 86.3 Å². The first-order valence-electron chi connectivity index (χ1n) is 9.66. The zero-order valence-corrected chi connectivity index (χ0v) is 17.9. The van der Waals surface area contributed by atoms with Gasteiger partial charge >= 0.3 is 17.9 Å². The smallest absolute Gasteiger partial charge is 0.328 e. The largest absolute Gasteiger partial charge is 0.481 e. The number of rotatable bonds is 14. The van der Waals surface area contributed by atoms with E-state index in [0.717, 1.165) is 6.92 Å². The summed E-state index contributed by atoms with van der Waals surface area (Å²) in [5, 5.41) is 42.7. The molecule has 182 valence electrons. The van der Waals surface area contributed by atoms with E-state index in [4.69, 9.17) is 21.1 Å². The van der Waals surface area contributed by atoms with Gasteiger partial charge in [-0.05, 0) is 19.3 Å². The maximum absolute atomic E-state index is 12.7. The third-order valence-electron chi connectivity index (χ3n) is 4.13. The molecule has 5 atom stereocenters. The number of hydrogen-bond acceptors (Lipinski definition) is 8. The molecule has 32 heavy (non-hydrogen) atoms. The van der Waals surface area contributed by atoms with Gasteiger partial charge in [0.1, 0.15) is 12.1 Å². The van der Waals surface area contributed by atoms with Gasteiger partial charge in [0.15, 0.2) is 6.04 Å². The molecule has 0 saturated heterocycles. The Kier molecular flexibility index (Phi) is 11.9. The summed E-state index contributed by atoms with van der Waals surface area (Å²) in [7, 11) is 0. The summed E-state index contributed by atoms with van der Waals surface area (Å²) < 4.78 is 0. The monoisotopic (exact) mass is 462 g/mol. The average molecular weight is 462 g/mol. The summed E-state index contributed by atoms with van der Waals surface area (Å²) in [6, 6.07) is -6.20. The Balaban J connectivity index is 5.53. The van der Waals surface area contributed by atoms with Crippen LogP contribution in [0, 0.1) is 5.92 Å². The molecule has 3 amide bonds. The fourth-order valence-electron chi connectivity index (χ4n) is 2.56. The number of carbonyl (C=O) groups excluding carboxylic acids is 3. The van der Waals surface area contributed by atoms with E-state index in [2.05, 4.69) is 10.6 Å². The molecular weight excluding hydrogens is 432 g/mol. The van der Waals surface area contributed by atoms with E-state index in [1.807, 2.05) is 5.32 Å². The minimum atomic E-state index is -1.75. The van der Waals surface area contributed by atoms with Gasteiger partial charge in [0.2, 0.25) is 17.7 Å². The Morgan fingerprint density at radius 1 is 0.750 bits per heavy atom. The molecule has 5 unspecified atom stereocenters. The molecule has 0 spiro atoms. The summed E-state index contributed by atoms with van der Waals surface area (Å²) in [6.45, 7) is 4.52. The van der Waals surface area contributed by atoms with E-state index in [9.17, 15) is 33.9 Å². The first kappa shape index (κ1) is 28.7. The molecule has 0 aliphatic carbocycles. The molecule has 0 radical (unpaired) electrons. The van der Waals surface area contributed by atoms with Crippen LogP contribution in [0.2, 0.25) is 0 Å². The fourth-order valence-corrected chi connectivity index (χ4v) is 2.56. The molecular formula is C18H30N4O10. The summed E-state index contributed by atoms with van der Waals surface area (Å²) in [6.07, 6.45) is -3.07. The summed E-state index contributed by atoms with van der Waals surface area (Å²) in [5.74, 6) is -7.62. The number of nitrogens with two attached hydrogens (primary N) is 1. The second-order valence-electron chi connectivity index (χ2n) is 7.62. The maximum Gasteiger partial charge on any atom is 0.328 e. The average Bonchev–Trinajstić information content (AvgIpc) is 2.62. The number of nitrogens with one attached hydrogen (secondary N) is 3. The van der Waals surface area contributed by atoms with E-state index in [1.54, 1.807) is 13.8 Å². The van der Waals surface area contributed by atoms with Gasteiger partial charge in [-0.3, -0.25) is 24.0 Å². The molecule has 14 nitrogen and oxygen atoms in total. The van der Waals surface area contributed by atoms with Crippen molar-refractivity contribution in [3.8, 4) is 0 Å². The molecule has 0 aliphatic rings. The number of amides is 3. The molecule has 0 rings (SSSR count). The highest BCUT2D eigenvalue weighted by atomic mass is 16.4. The Labute approximate surface area is 183 Å². The molecule has 0 heterocycles. The number of aliphatic hydroxyl groups is 1. The highest BCUT2D eigenvalue weighted by Crippen LogP contribution is 2.07. The summed E-state index contributed by atoms with van der Waals surface area (Å²) in [4.78, 5) is 70.2. The second kappa shape index (κ2) is 13.2. The van der Waals surface area contributed by atoms with E-state index < -0.39 is 78.7 Å². The molecule has 0 aromatic rings. The second-order valence-corrected chi connectivity index (χ2v) is 7.62. The van der Waals surface area contributed by atoms with Gasteiger partial charge in [-0.1, -0.05) is 13.8 Å². The number of hydrogen-bond donors (Lipinski definition) is 8. The Morgan fingerprint density at radius 2 is 1.22 bits per heavy atom. The van der Waals surface area contributed by atoms with E-state index in [1.165, 1.54) is 0 Å². The minimum Gasteiger partial charge on any atom is -0.481 e. The fraction of sp³-hybridized carbons (Fsp3) is 0.667. The van der Waals surface area contributed by atoms with Crippen molar-refractivity contribution in [2.75, 3.05) is 0 Å². The Morgan fingerprint density at radius 3 is 1.62 bits per heavy atom. The van der Waals surface area contributed by atoms with Crippen molar-refractivity contribution >= 4 is 35.6 Å². The van der Waals surface area contributed by atoms with Crippen LogP contribution in [0.3, 0.4) is 0 Å². The molecule has 0 aliphatic heterocycles. The van der Waals surface area contributed by atoms with Crippen molar-refractivity contribution in [3.05, 3.63) is 0 Å². The normalized spacial score (nSPS) is 15.6. The quantitative estimate of drug-likeness (QED) is 0.131. The van der Waals surface area contributed by atoms with E-state index in [-0.39, 0.29) is 12.3 Å². The SMILES string of the molecule is CC(C)CC(NC(=O)C(N)CC(=O)O)C(=O)NC(CC(=O)O)C(=O)NC(C(=O)O)C(C)O. The first-order valence-corrected chi connectivity index (χ1v) is 9.66. The predicted octanol–water partition coefficient (Wildman–Crippen LogP) is -2.77. The molecule has 0 bridgehead atoms. The van der Waals surface area contributed by atoms with Crippen LogP contribution in [0.25, 0.3) is 0 Å². The van der Waals surface area contributed by atoms with Crippen LogP contribution in [0.5, 0.6) is 0 Å². The van der Waals surface area contributed by atoms with Gasteiger partial charge in [0, 0.05) is 0 Å². The highest BCUT2D eigenvalue weighted by molar-refractivity contribution is 5.96. The van der Waals surface area contributed by atoms with Crippen molar-refractivity contribution < 1.29 is 49.2 Å². The van der Waals surface area contributed by atoms with Gasteiger partial charge < -0.3 is 42.1 Å². The number of carboxylic acids is 3. The molecule has 0 aromatic heterocycles. The van der Waals surface area contributed by atoms with Gasteiger partial charge in [-0.25, -0.2) is 4.79 Å². The van der Waals surface area contributed by atoms with Gasteiger partial charge in [-0.15, -0.1) is 0 Å². The molecule has 0 saturated carbocycles. The third-order valence-corrected chi connectivity index (χ3v) is 4.13. The Bertz CT molecular complexity index is 725. The van der Waals surface area contributed by atoms with Crippen molar-refractivity contribution in [1.82, 2.24) is 16.0 Å². The van der Waals surface area contributed by atoms with Crippen LogP contribution in [-0.2, 0) is 28.8 Å². The van der Waals surface area contributed by atoms with Crippen molar-refractivity contribution in [2.24, 2.45) is 11.7 Å². The number of carboxylic acid groups (broad SMARTS) is 3. The van der Waals surface area contributed by atoms with Crippen LogP contribution < -0.4 is 21.7 Å². The Hall–Kier alpha value is -3.26. The van der Waals surface area contributed by atoms with E-state index >= 15 is 0 Å². The number of carbonyl (C=O) groups is 6. The van der Waals surface area contributed by atoms with Crippen molar-refractivity contribution in [2.45, 2.75) is 70.3 Å². The van der Waals surface area contributed by atoms with E-state index in [0.29, 0.717) is 0 Å². The van der Waals surface area contributed by atoms with Crippen molar-refractivity contribution in [1.29, 1.82) is 0 Å². The van der Waals surface area contributed by atoms with Gasteiger partial charge in [0.05, 0.1) is 25.0 Å². The lowest BCUT2D eigenvalue weighted by atomic mass is 10.0. The molecule has 14 heteroatoms. The van der Waals surface area contributed by atoms with Gasteiger partial charge in [-0.2, -0.15) is 0 Å². The van der Waals surface area contributed by atoms with Crippen LogP contribution in [0.15, 0.2) is 0 Å². The van der Waals surface area contributed by atoms with Crippen LogP contribution in [0.1, 0.15) is 40.0 Å². The summed E-state index contributed by atoms with van der Waals surface area (Å²) >= 11 is 0. The zero-order valence-electron chi connectivity index (χ0n) is 17.9. The topological polar surface area (TPSA) is 245 Å². The highest BCUT2D eigenvalue weighted by Gasteiger charge is 2.33. The first-order chi connectivity index (χ1) is 14.6. The van der Waals surface area contributed by atoms with Gasteiger partial charge in [0.25, 0.3) is 0 Å². The maximum atomic E-state index is 12.7. The predicted molar refractivity (Wildman–Crippen MR) is 107 cm³/mol. The lowest BCUT2D eigenvalue weighted by Gasteiger charge is -2.25. The minimum absolute atomic E-state index is 0.0458. The van der Waals surface area contributed by atoms with Crippen LogP contribution in [0.4, 0.5) is 0 Å². The zero-order chi connectivity index (χ0) is 25.2. The lowest BCUT2D eigenvalue weighted by Crippen LogP contribution is -2.58. The molecule has 9 N–H and O–H groups in total. The number of aliphatic carboxylic acids is 3. The lowest BCUT2D eigenvalue weighted by molar-refractivity contribution is -0.146. The molecule has 0 aromatic carbocycles. The molecule has 0 fully saturated rings. The number of aliphatic hydroxyl groups excluding tert-OH is 1. The standard InChI is InChI=1S/C18H30N4O10/c1-7(2)4-10(20-15(28)9(19)5-12(24)25)16(29)21-11(6-13(26)27)17(30)22-14(8(3)23)18(31)32/h7-11,14,23H,4-6,19H2,1-3H3,(H,20,28)(H,21,29)(H,22,30)(H,24,25)(H,26,27)(H,31,32). The van der Waals surface area contributed by atoms with Crippen molar-refractivity contribution in [3.63, 3.8) is 0 Å².